The third kappa shape index (κ3) is 9.11. The standard InChI is InChI=1S/C14H25N3O2.C13H11N3O2.CH3Cl/c1-2-4-11(9-13(18)16-10-6-7-10)17-14(19)12-5-3-8-15-12;1-18-9-3-4-10-11(7-9)15-13(8-12(10)17)16-6-2-5-14-16;1-2/h10-12,15H,2-9H2,1H3,(H,16,18)(H,17,19);2-8H,1H3,(H,15,17);1H3/p+1/t11-,12?;;/m0../s1. The Morgan fingerprint density at radius 1 is 1.26 bits per heavy atom. The number of hydrogen-bond acceptors (Lipinski definition) is 5. The maximum absolute atomic E-state index is 12.1. The van der Waals surface area contributed by atoms with Crippen LogP contribution in [0.15, 0.2) is 47.5 Å². The van der Waals surface area contributed by atoms with Crippen LogP contribution in [0.25, 0.3) is 16.7 Å². The van der Waals surface area contributed by atoms with Crippen LogP contribution in [0.2, 0.25) is 0 Å². The number of amides is 2. The van der Waals surface area contributed by atoms with Gasteiger partial charge in [0.2, 0.25) is 5.91 Å². The fourth-order valence-electron chi connectivity index (χ4n) is 4.51. The first kappa shape index (κ1) is 30.2. The number of halogens is 1. The maximum atomic E-state index is 12.1. The minimum absolute atomic E-state index is 0.00903. The van der Waals surface area contributed by atoms with Gasteiger partial charge in [0.05, 0.1) is 19.2 Å². The van der Waals surface area contributed by atoms with Gasteiger partial charge in [-0.25, -0.2) is 4.68 Å². The van der Waals surface area contributed by atoms with Crippen LogP contribution in [-0.4, -0.2) is 64.7 Å². The van der Waals surface area contributed by atoms with Gasteiger partial charge in [-0.05, 0) is 37.5 Å². The summed E-state index contributed by atoms with van der Waals surface area (Å²) in [6, 6.07) is 9.09. The van der Waals surface area contributed by atoms with Crippen LogP contribution in [0, 0.1) is 0 Å². The van der Waals surface area contributed by atoms with Gasteiger partial charge in [0.25, 0.3) is 5.91 Å². The molecule has 5 rings (SSSR count). The van der Waals surface area contributed by atoms with Gasteiger partial charge < -0.3 is 25.7 Å². The van der Waals surface area contributed by atoms with E-state index < -0.39 is 0 Å². The summed E-state index contributed by atoms with van der Waals surface area (Å²) in [4.78, 5) is 39.0. The molecule has 2 aliphatic rings. The number of quaternary nitrogens is 1. The molecule has 0 bridgehead atoms. The molecule has 0 radical (unpaired) electrons. The van der Waals surface area contributed by atoms with E-state index in [0.29, 0.717) is 29.4 Å². The second-order valence-corrected chi connectivity index (χ2v) is 9.69. The van der Waals surface area contributed by atoms with Crippen molar-refractivity contribution in [1.82, 2.24) is 25.4 Å². The fraction of sp³-hybridized carbons (Fsp3) is 0.500. The molecule has 10 nitrogen and oxygen atoms in total. The molecule has 2 fully saturated rings. The topological polar surface area (TPSA) is 135 Å². The summed E-state index contributed by atoms with van der Waals surface area (Å²) in [6.45, 7) is 3.12. The molecule has 3 heterocycles. The Balaban J connectivity index is 0.000000203. The van der Waals surface area contributed by atoms with Crippen LogP contribution in [0.1, 0.15) is 51.9 Å². The van der Waals surface area contributed by atoms with Gasteiger partial charge in [0.1, 0.15) is 11.6 Å². The molecule has 11 heteroatoms. The van der Waals surface area contributed by atoms with Crippen molar-refractivity contribution < 1.29 is 19.6 Å². The van der Waals surface area contributed by atoms with E-state index in [4.69, 9.17) is 4.74 Å². The predicted octanol–water partition coefficient (Wildman–Crippen LogP) is 2.24. The van der Waals surface area contributed by atoms with Gasteiger partial charge in [0, 0.05) is 67.6 Å². The number of nitrogens with zero attached hydrogens (tertiary/aromatic N) is 2. The highest BCUT2D eigenvalue weighted by molar-refractivity contribution is 6.15. The number of pyridine rings is 1. The number of rotatable bonds is 9. The van der Waals surface area contributed by atoms with Crippen molar-refractivity contribution in [2.24, 2.45) is 0 Å². The number of H-pyrrole nitrogens is 1. The molecular weight excluding hydrogens is 520 g/mol. The van der Waals surface area contributed by atoms with E-state index in [0.717, 1.165) is 50.6 Å². The van der Waals surface area contributed by atoms with Gasteiger partial charge in [-0.15, -0.1) is 11.6 Å². The average Bonchev–Trinajstić information content (AvgIpc) is 3.37. The summed E-state index contributed by atoms with van der Waals surface area (Å²) in [5.74, 6) is 1.52. The molecule has 39 heavy (non-hydrogen) atoms. The van der Waals surface area contributed by atoms with E-state index in [1.807, 2.05) is 0 Å². The molecule has 2 atom stereocenters. The van der Waals surface area contributed by atoms with Crippen LogP contribution in [0.4, 0.5) is 0 Å². The summed E-state index contributed by atoms with van der Waals surface area (Å²) in [6.07, 6.45) is 11.5. The molecule has 5 N–H and O–H groups in total. The van der Waals surface area contributed by atoms with E-state index in [1.165, 1.54) is 12.4 Å². The molecule has 1 saturated carbocycles. The summed E-state index contributed by atoms with van der Waals surface area (Å²) in [7, 11) is 1.59. The second-order valence-electron chi connectivity index (χ2n) is 9.69. The smallest absolute Gasteiger partial charge is 0.278 e. The lowest BCUT2D eigenvalue weighted by atomic mass is 10.1. The highest BCUT2D eigenvalue weighted by atomic mass is 35.5. The van der Waals surface area contributed by atoms with E-state index in [-0.39, 0.29) is 29.3 Å². The molecule has 212 valence electrons. The number of aromatic amines is 1. The van der Waals surface area contributed by atoms with Crippen molar-refractivity contribution in [3.8, 4) is 11.6 Å². The first-order valence-corrected chi connectivity index (χ1v) is 14.2. The summed E-state index contributed by atoms with van der Waals surface area (Å²) in [5.41, 5.74) is 0.684. The molecule has 2 amide bonds. The van der Waals surface area contributed by atoms with Crippen LogP contribution < -0.4 is 26.1 Å². The van der Waals surface area contributed by atoms with Crippen molar-refractivity contribution >= 4 is 34.3 Å². The molecule has 1 saturated heterocycles. The number of aromatic nitrogens is 3. The Hall–Kier alpha value is -3.37. The SMILES string of the molecule is CCC[C@@H](CC(=O)NC1CC1)NC(=O)C1CCC[NH2+]1.CCl.COc1ccc2c(=O)cc(-n3cccn3)[nH]c2c1. The zero-order valence-corrected chi connectivity index (χ0v) is 23.7. The minimum atomic E-state index is -0.0445. The van der Waals surface area contributed by atoms with Crippen molar-refractivity contribution in [2.75, 3.05) is 20.0 Å². The van der Waals surface area contributed by atoms with E-state index in [1.54, 1.807) is 48.5 Å². The van der Waals surface area contributed by atoms with Gasteiger partial charge in [0.15, 0.2) is 11.5 Å². The summed E-state index contributed by atoms with van der Waals surface area (Å²) in [5, 5.41) is 12.9. The molecule has 1 aliphatic carbocycles. The van der Waals surface area contributed by atoms with Crippen molar-refractivity contribution in [3.63, 3.8) is 0 Å². The van der Waals surface area contributed by atoms with Crippen molar-refractivity contribution in [2.45, 2.75) is 70.0 Å². The lowest BCUT2D eigenvalue weighted by Crippen LogP contribution is -2.89. The molecular formula is C28H40ClN6O4+. The van der Waals surface area contributed by atoms with Crippen LogP contribution in [-0.2, 0) is 9.59 Å². The normalized spacial score (nSPS) is 16.8. The number of benzene rings is 1. The van der Waals surface area contributed by atoms with Crippen LogP contribution in [0.5, 0.6) is 5.75 Å². The number of carbonyl (C=O) groups is 2. The number of fused-ring (bicyclic) bond motifs is 1. The first-order chi connectivity index (χ1) is 19.0. The van der Waals surface area contributed by atoms with Gasteiger partial charge in [-0.3, -0.25) is 14.4 Å². The minimum Gasteiger partial charge on any atom is -0.497 e. The molecule has 1 aliphatic heterocycles. The van der Waals surface area contributed by atoms with Crippen LogP contribution in [0.3, 0.4) is 0 Å². The van der Waals surface area contributed by atoms with Gasteiger partial charge in [-0.2, -0.15) is 5.10 Å². The van der Waals surface area contributed by atoms with Gasteiger partial charge in [-0.1, -0.05) is 13.3 Å². The number of ether oxygens (including phenoxy) is 1. The fourth-order valence-corrected chi connectivity index (χ4v) is 4.51. The first-order valence-electron chi connectivity index (χ1n) is 13.5. The summed E-state index contributed by atoms with van der Waals surface area (Å²) >= 11 is 4.64. The summed E-state index contributed by atoms with van der Waals surface area (Å²) < 4.78 is 6.76. The number of nitrogens with one attached hydrogen (secondary N) is 3. The highest BCUT2D eigenvalue weighted by Gasteiger charge is 2.29. The lowest BCUT2D eigenvalue weighted by Gasteiger charge is -2.19. The molecule has 1 unspecified atom stereocenters. The highest BCUT2D eigenvalue weighted by Crippen LogP contribution is 2.19. The molecule has 3 aromatic rings. The van der Waals surface area contributed by atoms with E-state index in [2.05, 4.69) is 44.6 Å². The lowest BCUT2D eigenvalue weighted by molar-refractivity contribution is -0.657. The van der Waals surface area contributed by atoms with Gasteiger partial charge >= 0.3 is 0 Å². The zero-order chi connectivity index (χ0) is 28.2. The van der Waals surface area contributed by atoms with E-state index in [9.17, 15) is 14.4 Å². The Morgan fingerprint density at radius 3 is 2.67 bits per heavy atom. The van der Waals surface area contributed by atoms with Crippen molar-refractivity contribution in [3.05, 3.63) is 52.9 Å². The predicted molar refractivity (Wildman–Crippen MR) is 152 cm³/mol. The average molecular weight is 560 g/mol. The quantitative estimate of drug-likeness (QED) is 0.298. The number of carbonyl (C=O) groups excluding carboxylic acids is 2. The molecule has 2 aromatic heterocycles. The van der Waals surface area contributed by atoms with E-state index >= 15 is 0 Å². The largest absolute Gasteiger partial charge is 0.497 e. The number of methoxy groups -OCH3 is 1. The maximum Gasteiger partial charge on any atom is 0.278 e. The second kappa shape index (κ2) is 15.3. The molecule has 0 spiro atoms. The molecule has 1 aromatic carbocycles. The van der Waals surface area contributed by atoms with Crippen molar-refractivity contribution in [1.29, 1.82) is 0 Å². The Labute approximate surface area is 233 Å². The Morgan fingerprint density at radius 2 is 2.05 bits per heavy atom. The van der Waals surface area contributed by atoms with Crippen LogP contribution >= 0.6 is 11.6 Å². The zero-order valence-electron chi connectivity index (χ0n) is 22.9. The Bertz CT molecular complexity index is 1250. The third-order valence-corrected chi connectivity index (χ3v) is 6.64. The number of hydrogen-bond donors (Lipinski definition) is 4. The Kier molecular flexibility index (Phi) is 11.8. The monoisotopic (exact) mass is 559 g/mol. The number of alkyl halides is 1. The third-order valence-electron chi connectivity index (χ3n) is 6.64. The number of nitrogens with two attached hydrogens (primary N) is 1.